The summed E-state index contributed by atoms with van der Waals surface area (Å²) in [5.41, 5.74) is 2.97. The molecule has 0 saturated heterocycles. The number of unbranched alkanes of at least 4 members (excludes halogenated alkanes) is 8. The summed E-state index contributed by atoms with van der Waals surface area (Å²) >= 11 is 0. The number of carboxylic acid groups (broad SMARTS) is 1. The maximum absolute atomic E-state index is 12.0. The molecule has 6 nitrogen and oxygen atoms in total. The number of rotatable bonds is 19. The Morgan fingerprint density at radius 2 is 1.43 bits per heavy atom. The van der Waals surface area contributed by atoms with Gasteiger partial charge >= 0.3 is 5.97 Å². The van der Waals surface area contributed by atoms with Crippen LogP contribution in [0.1, 0.15) is 96.8 Å². The average Bonchev–Trinajstić information content (AvgIpc) is 2.64. The lowest BCUT2D eigenvalue weighted by Crippen LogP contribution is -2.52. The standard InChI is InChI=1S/C24H46N2O4/c1-21(24(30)25-26(2,3)4)17-13-11-12-15-19-22(27)18-14-9-7-5-6-8-10-16-20-23(28)29/h9,14,21-22,27H,5-8,10-13,15-20H2,1-4H3,(H-,25,28,29,30)/p+1/t21?,22-/m0/s1. The molecule has 0 aliphatic rings. The fraction of sp³-hybridized carbons (Fsp3) is 0.833. The molecule has 2 atom stereocenters. The van der Waals surface area contributed by atoms with Gasteiger partial charge in [0.2, 0.25) is 0 Å². The summed E-state index contributed by atoms with van der Waals surface area (Å²) in [6.07, 6.45) is 17.2. The van der Waals surface area contributed by atoms with Gasteiger partial charge in [-0.3, -0.25) is 9.59 Å². The van der Waals surface area contributed by atoms with E-state index in [0.29, 0.717) is 4.59 Å². The SMILES string of the molecule is CC(CCCCCC[C@@H](O)CC=CCCCCCCCC(=O)O)C(=O)N[N+](C)(C)C. The highest BCUT2D eigenvalue weighted by molar-refractivity contribution is 5.77. The summed E-state index contributed by atoms with van der Waals surface area (Å²) < 4.78 is 0.449. The molecular weight excluding hydrogens is 380 g/mol. The van der Waals surface area contributed by atoms with Crippen molar-refractivity contribution in [1.29, 1.82) is 0 Å². The quantitative estimate of drug-likeness (QED) is 0.119. The topological polar surface area (TPSA) is 86.6 Å². The highest BCUT2D eigenvalue weighted by atomic mass is 16.4. The molecule has 6 heteroatoms. The number of amides is 1. The fourth-order valence-electron chi connectivity index (χ4n) is 3.31. The number of nitrogens with one attached hydrogen (secondary N) is 1. The number of quaternary nitrogens is 1. The molecule has 0 aromatic carbocycles. The van der Waals surface area contributed by atoms with E-state index < -0.39 is 5.97 Å². The van der Waals surface area contributed by atoms with Gasteiger partial charge in [-0.25, -0.2) is 10.0 Å². The van der Waals surface area contributed by atoms with Crippen LogP contribution in [0.4, 0.5) is 0 Å². The number of hydrogen-bond acceptors (Lipinski definition) is 3. The van der Waals surface area contributed by atoms with Gasteiger partial charge < -0.3 is 10.2 Å². The molecule has 0 aromatic heterocycles. The van der Waals surface area contributed by atoms with Crippen LogP contribution in [0.15, 0.2) is 12.2 Å². The van der Waals surface area contributed by atoms with E-state index in [9.17, 15) is 14.7 Å². The second-order valence-electron chi connectivity index (χ2n) is 9.44. The molecule has 176 valence electrons. The smallest absolute Gasteiger partial charge is 0.303 e. The molecule has 0 aliphatic heterocycles. The molecule has 0 bridgehead atoms. The Kier molecular flexibility index (Phi) is 16.5. The molecule has 30 heavy (non-hydrogen) atoms. The minimum absolute atomic E-state index is 0.0443. The number of carboxylic acids is 1. The number of allylic oxidation sites excluding steroid dienone is 1. The van der Waals surface area contributed by atoms with Gasteiger partial charge in [-0.15, -0.1) is 0 Å². The second kappa shape index (κ2) is 17.3. The zero-order chi connectivity index (χ0) is 22.8. The van der Waals surface area contributed by atoms with Gasteiger partial charge in [0.25, 0.3) is 5.91 Å². The Morgan fingerprint density at radius 3 is 2.07 bits per heavy atom. The van der Waals surface area contributed by atoms with E-state index in [0.717, 1.165) is 83.5 Å². The summed E-state index contributed by atoms with van der Waals surface area (Å²) in [4.78, 5) is 22.4. The molecular formula is C24H47N2O4+. The van der Waals surface area contributed by atoms with Crippen molar-refractivity contribution in [3.63, 3.8) is 0 Å². The van der Waals surface area contributed by atoms with Crippen molar-refractivity contribution in [1.82, 2.24) is 5.43 Å². The Hall–Kier alpha value is -1.40. The third-order valence-electron chi connectivity index (χ3n) is 5.15. The molecule has 3 N–H and O–H groups in total. The minimum Gasteiger partial charge on any atom is -0.481 e. The molecule has 1 unspecified atom stereocenters. The monoisotopic (exact) mass is 427 g/mol. The van der Waals surface area contributed by atoms with Crippen molar-refractivity contribution in [2.75, 3.05) is 21.1 Å². The first-order chi connectivity index (χ1) is 14.1. The van der Waals surface area contributed by atoms with Crippen LogP contribution in [0.3, 0.4) is 0 Å². The van der Waals surface area contributed by atoms with Crippen LogP contribution < -0.4 is 5.43 Å². The summed E-state index contributed by atoms with van der Waals surface area (Å²) in [6, 6.07) is 0. The molecule has 0 rings (SSSR count). The predicted molar refractivity (Wildman–Crippen MR) is 123 cm³/mol. The summed E-state index contributed by atoms with van der Waals surface area (Å²) in [5, 5.41) is 18.6. The first-order valence-corrected chi connectivity index (χ1v) is 11.8. The van der Waals surface area contributed by atoms with E-state index in [1.165, 1.54) is 0 Å². The van der Waals surface area contributed by atoms with Crippen LogP contribution in [-0.4, -0.2) is 53.9 Å². The number of carbonyl (C=O) groups is 2. The molecule has 0 fully saturated rings. The van der Waals surface area contributed by atoms with E-state index in [2.05, 4.69) is 17.6 Å². The lowest BCUT2D eigenvalue weighted by Gasteiger charge is -2.25. The van der Waals surface area contributed by atoms with Crippen molar-refractivity contribution in [2.45, 2.75) is 103 Å². The van der Waals surface area contributed by atoms with Crippen molar-refractivity contribution in [3.05, 3.63) is 12.2 Å². The number of aliphatic carboxylic acids is 1. The zero-order valence-electron chi connectivity index (χ0n) is 19.9. The van der Waals surface area contributed by atoms with Gasteiger partial charge in [-0.05, 0) is 38.5 Å². The predicted octanol–water partition coefficient (Wildman–Crippen LogP) is 4.82. The van der Waals surface area contributed by atoms with Crippen LogP contribution >= 0.6 is 0 Å². The van der Waals surface area contributed by atoms with Crippen LogP contribution in [0.2, 0.25) is 0 Å². The van der Waals surface area contributed by atoms with Gasteiger partial charge in [0.05, 0.1) is 27.2 Å². The normalized spacial score (nSPS) is 14.0. The van der Waals surface area contributed by atoms with E-state index in [1.54, 1.807) is 0 Å². The molecule has 0 heterocycles. The van der Waals surface area contributed by atoms with Gasteiger partial charge in [0.15, 0.2) is 0 Å². The Balaban J connectivity index is 3.52. The van der Waals surface area contributed by atoms with E-state index in [1.807, 2.05) is 28.1 Å². The zero-order valence-corrected chi connectivity index (χ0v) is 19.9. The number of nitrogens with zero attached hydrogens (tertiary/aromatic N) is 1. The Morgan fingerprint density at radius 1 is 0.867 bits per heavy atom. The number of hydrogen-bond donors (Lipinski definition) is 3. The first kappa shape index (κ1) is 28.6. The highest BCUT2D eigenvalue weighted by Crippen LogP contribution is 2.14. The van der Waals surface area contributed by atoms with Gasteiger partial charge in [0.1, 0.15) is 0 Å². The maximum atomic E-state index is 12.0. The van der Waals surface area contributed by atoms with Gasteiger partial charge in [-0.1, -0.05) is 64.0 Å². The third kappa shape index (κ3) is 19.9. The van der Waals surface area contributed by atoms with E-state index in [4.69, 9.17) is 5.11 Å². The van der Waals surface area contributed by atoms with Crippen LogP contribution in [0, 0.1) is 5.92 Å². The Bertz CT molecular complexity index is 486. The number of carbonyl (C=O) groups excluding carboxylic acids is 1. The lowest BCUT2D eigenvalue weighted by atomic mass is 10.0. The van der Waals surface area contributed by atoms with Crippen molar-refractivity contribution in [2.24, 2.45) is 5.92 Å². The molecule has 0 radical (unpaired) electrons. The van der Waals surface area contributed by atoms with Crippen molar-refractivity contribution < 1.29 is 24.4 Å². The minimum atomic E-state index is -0.703. The fourth-order valence-corrected chi connectivity index (χ4v) is 3.31. The van der Waals surface area contributed by atoms with E-state index in [-0.39, 0.29) is 24.3 Å². The van der Waals surface area contributed by atoms with Gasteiger partial charge in [-0.2, -0.15) is 0 Å². The van der Waals surface area contributed by atoms with Crippen molar-refractivity contribution in [3.8, 4) is 0 Å². The second-order valence-corrected chi connectivity index (χ2v) is 9.44. The lowest BCUT2D eigenvalue weighted by molar-refractivity contribution is -0.906. The number of aliphatic hydroxyl groups excluding tert-OH is 1. The van der Waals surface area contributed by atoms with Crippen LogP contribution in [0.5, 0.6) is 0 Å². The largest absolute Gasteiger partial charge is 0.481 e. The number of aliphatic hydroxyl groups is 1. The van der Waals surface area contributed by atoms with Crippen molar-refractivity contribution >= 4 is 11.9 Å². The molecule has 1 amide bonds. The first-order valence-electron chi connectivity index (χ1n) is 11.8. The molecule has 0 spiro atoms. The Labute approximate surface area is 184 Å². The summed E-state index contributed by atoms with van der Waals surface area (Å²) in [5.74, 6) is -0.545. The van der Waals surface area contributed by atoms with Crippen LogP contribution in [0.25, 0.3) is 0 Å². The maximum Gasteiger partial charge on any atom is 0.303 e. The average molecular weight is 428 g/mol. The van der Waals surface area contributed by atoms with Crippen LogP contribution in [-0.2, 0) is 9.59 Å². The van der Waals surface area contributed by atoms with Gasteiger partial charge in [0, 0.05) is 12.3 Å². The molecule has 0 aromatic rings. The third-order valence-corrected chi connectivity index (χ3v) is 5.15. The summed E-state index contributed by atoms with van der Waals surface area (Å²) in [6.45, 7) is 1.99. The van der Waals surface area contributed by atoms with E-state index >= 15 is 0 Å². The highest BCUT2D eigenvalue weighted by Gasteiger charge is 2.18. The molecule has 0 aliphatic carbocycles. The molecule has 0 saturated carbocycles. The summed E-state index contributed by atoms with van der Waals surface area (Å²) in [7, 11) is 5.83.